The van der Waals surface area contributed by atoms with Gasteiger partial charge in [-0.15, -0.1) is 11.3 Å². The number of carbonyl (C=O) groups is 1. The van der Waals surface area contributed by atoms with Crippen LogP contribution in [0.25, 0.3) is 11.3 Å². The van der Waals surface area contributed by atoms with Crippen LogP contribution in [-0.4, -0.2) is 38.9 Å². The van der Waals surface area contributed by atoms with E-state index in [2.05, 4.69) is 26.8 Å². The fourth-order valence-corrected chi connectivity index (χ4v) is 5.04. The van der Waals surface area contributed by atoms with E-state index in [9.17, 15) is 4.79 Å². The smallest absolute Gasteiger partial charge is 0.234 e. The van der Waals surface area contributed by atoms with Crippen molar-refractivity contribution in [2.75, 3.05) is 17.7 Å². The molecule has 3 aromatic rings. The Labute approximate surface area is 185 Å². The van der Waals surface area contributed by atoms with E-state index in [0.717, 1.165) is 64.5 Å². The molecule has 1 aliphatic rings. The van der Waals surface area contributed by atoms with Gasteiger partial charge >= 0.3 is 0 Å². The number of nitrogens with one attached hydrogen (secondary N) is 1. The van der Waals surface area contributed by atoms with E-state index < -0.39 is 0 Å². The number of amides is 1. The molecule has 1 atom stereocenters. The van der Waals surface area contributed by atoms with Gasteiger partial charge in [-0.05, 0) is 45.7 Å². The van der Waals surface area contributed by atoms with Crippen molar-refractivity contribution in [2.45, 2.75) is 51.4 Å². The summed E-state index contributed by atoms with van der Waals surface area (Å²) in [5.74, 6) is 0.259. The third kappa shape index (κ3) is 4.94. The number of anilines is 1. The van der Waals surface area contributed by atoms with E-state index in [0.29, 0.717) is 5.75 Å². The second-order valence-corrected chi connectivity index (χ2v) is 9.48. The van der Waals surface area contributed by atoms with E-state index >= 15 is 0 Å². The summed E-state index contributed by atoms with van der Waals surface area (Å²) in [5, 5.41) is 6.93. The summed E-state index contributed by atoms with van der Waals surface area (Å²) in [6, 6.07) is 7.81. The van der Waals surface area contributed by atoms with Crippen molar-refractivity contribution in [1.29, 1.82) is 0 Å². The van der Waals surface area contributed by atoms with Crippen LogP contribution in [0.15, 0.2) is 34.8 Å². The highest BCUT2D eigenvalue weighted by atomic mass is 32.2. The molecule has 3 heterocycles. The SMILES string of the molecule is Cc1nc(-c2cccc(NC(=O)CSc3nc(C)c(C)n3C[C@@H]3CCCO3)c2)cs1. The number of hydrogen-bond donors (Lipinski definition) is 1. The summed E-state index contributed by atoms with van der Waals surface area (Å²) in [6.07, 6.45) is 2.43. The number of nitrogens with zero attached hydrogens (tertiary/aromatic N) is 3. The van der Waals surface area contributed by atoms with Crippen LogP contribution in [0, 0.1) is 20.8 Å². The van der Waals surface area contributed by atoms with Gasteiger partial charge in [0.1, 0.15) is 0 Å². The maximum Gasteiger partial charge on any atom is 0.234 e. The second kappa shape index (κ2) is 9.32. The number of thioether (sulfide) groups is 1. The molecular formula is C22H26N4O2S2. The summed E-state index contributed by atoms with van der Waals surface area (Å²) in [6.45, 7) is 7.71. The van der Waals surface area contributed by atoms with Gasteiger partial charge < -0.3 is 14.6 Å². The van der Waals surface area contributed by atoms with Gasteiger partial charge in [-0.3, -0.25) is 4.79 Å². The minimum absolute atomic E-state index is 0.0476. The van der Waals surface area contributed by atoms with E-state index in [1.807, 2.05) is 43.5 Å². The van der Waals surface area contributed by atoms with Crippen molar-refractivity contribution in [3.05, 3.63) is 46.0 Å². The highest BCUT2D eigenvalue weighted by molar-refractivity contribution is 7.99. The monoisotopic (exact) mass is 442 g/mol. The van der Waals surface area contributed by atoms with Crippen LogP contribution in [0.1, 0.15) is 29.2 Å². The fourth-order valence-electron chi connectivity index (χ4n) is 3.52. The van der Waals surface area contributed by atoms with Gasteiger partial charge in [-0.25, -0.2) is 9.97 Å². The number of imidazole rings is 1. The van der Waals surface area contributed by atoms with Crippen LogP contribution >= 0.6 is 23.1 Å². The third-order valence-electron chi connectivity index (χ3n) is 5.23. The summed E-state index contributed by atoms with van der Waals surface area (Å²) >= 11 is 3.09. The summed E-state index contributed by atoms with van der Waals surface area (Å²) in [5.41, 5.74) is 4.86. The third-order valence-corrected chi connectivity index (χ3v) is 6.98. The highest BCUT2D eigenvalue weighted by Crippen LogP contribution is 2.26. The standard InChI is InChI=1S/C22H26N4O2S2/c1-14-15(2)26(11-19-8-5-9-28-19)22(23-14)30-13-21(27)25-18-7-4-6-17(10-18)20-12-29-16(3)24-20/h4,6-7,10,12,19H,5,8-9,11,13H2,1-3H3,(H,25,27)/t19-/m0/s1. The molecule has 0 bridgehead atoms. The highest BCUT2D eigenvalue weighted by Gasteiger charge is 2.20. The Morgan fingerprint density at radius 2 is 2.20 bits per heavy atom. The molecule has 0 spiro atoms. The topological polar surface area (TPSA) is 69.0 Å². The molecule has 0 radical (unpaired) electrons. The zero-order valence-electron chi connectivity index (χ0n) is 17.5. The zero-order valence-corrected chi connectivity index (χ0v) is 19.1. The molecule has 1 saturated heterocycles. The summed E-state index contributed by atoms with van der Waals surface area (Å²) in [7, 11) is 0. The summed E-state index contributed by atoms with van der Waals surface area (Å²) < 4.78 is 7.98. The Kier molecular flexibility index (Phi) is 6.55. The van der Waals surface area contributed by atoms with Crippen LogP contribution in [0.4, 0.5) is 5.69 Å². The first-order valence-corrected chi connectivity index (χ1v) is 12.0. The Morgan fingerprint density at radius 1 is 1.33 bits per heavy atom. The van der Waals surface area contributed by atoms with Gasteiger partial charge in [0.2, 0.25) is 5.91 Å². The first kappa shape index (κ1) is 21.1. The number of benzene rings is 1. The predicted octanol–water partition coefficient (Wildman–Crippen LogP) is 4.84. The van der Waals surface area contributed by atoms with Crippen molar-refractivity contribution in [2.24, 2.45) is 0 Å². The number of thiazole rings is 1. The average Bonchev–Trinajstić information content (AvgIpc) is 3.45. The summed E-state index contributed by atoms with van der Waals surface area (Å²) in [4.78, 5) is 21.8. The second-order valence-electron chi connectivity index (χ2n) is 7.48. The quantitative estimate of drug-likeness (QED) is 0.530. The van der Waals surface area contributed by atoms with Crippen molar-refractivity contribution < 1.29 is 9.53 Å². The molecule has 0 aliphatic carbocycles. The number of ether oxygens (including phenoxy) is 1. The van der Waals surface area contributed by atoms with E-state index in [1.165, 1.54) is 11.8 Å². The lowest BCUT2D eigenvalue weighted by atomic mass is 10.1. The normalized spacial score (nSPS) is 16.2. The fraction of sp³-hybridized carbons (Fsp3) is 0.409. The van der Waals surface area contributed by atoms with Crippen LogP contribution < -0.4 is 5.32 Å². The zero-order chi connectivity index (χ0) is 21.1. The lowest BCUT2D eigenvalue weighted by Crippen LogP contribution is -2.18. The van der Waals surface area contributed by atoms with Crippen molar-refractivity contribution in [1.82, 2.24) is 14.5 Å². The molecule has 2 aromatic heterocycles. The largest absolute Gasteiger partial charge is 0.376 e. The Hall–Kier alpha value is -2.16. The number of aryl methyl sites for hydroxylation is 2. The average molecular weight is 443 g/mol. The molecule has 1 aliphatic heterocycles. The molecule has 158 valence electrons. The van der Waals surface area contributed by atoms with Gasteiger partial charge in [-0.2, -0.15) is 0 Å². The number of carbonyl (C=O) groups excluding carboxylic acids is 1. The molecule has 1 aromatic carbocycles. The molecule has 0 saturated carbocycles. The molecule has 8 heteroatoms. The molecule has 1 amide bonds. The van der Waals surface area contributed by atoms with Gasteiger partial charge in [0.15, 0.2) is 5.16 Å². The lowest BCUT2D eigenvalue weighted by Gasteiger charge is -2.14. The molecule has 1 fully saturated rings. The maximum atomic E-state index is 12.6. The number of hydrogen-bond acceptors (Lipinski definition) is 6. The van der Waals surface area contributed by atoms with Gasteiger partial charge in [0.05, 0.1) is 34.8 Å². The molecule has 0 unspecified atom stereocenters. The van der Waals surface area contributed by atoms with Gasteiger partial charge in [0, 0.05) is 28.9 Å². The van der Waals surface area contributed by atoms with Crippen LogP contribution in [0.5, 0.6) is 0 Å². The van der Waals surface area contributed by atoms with Crippen molar-refractivity contribution in [3.8, 4) is 11.3 Å². The first-order chi connectivity index (χ1) is 14.5. The minimum Gasteiger partial charge on any atom is -0.376 e. The number of aromatic nitrogens is 3. The number of rotatable bonds is 7. The molecule has 4 rings (SSSR count). The minimum atomic E-state index is -0.0476. The van der Waals surface area contributed by atoms with Gasteiger partial charge in [0.25, 0.3) is 0 Å². The lowest BCUT2D eigenvalue weighted by molar-refractivity contribution is -0.113. The molecule has 1 N–H and O–H groups in total. The van der Waals surface area contributed by atoms with Crippen LogP contribution in [0.2, 0.25) is 0 Å². The van der Waals surface area contributed by atoms with Crippen LogP contribution in [0.3, 0.4) is 0 Å². The van der Waals surface area contributed by atoms with Crippen molar-refractivity contribution >= 4 is 34.7 Å². The predicted molar refractivity (Wildman–Crippen MR) is 122 cm³/mol. The Bertz CT molecular complexity index is 1040. The molecular weight excluding hydrogens is 416 g/mol. The van der Waals surface area contributed by atoms with E-state index in [-0.39, 0.29) is 12.0 Å². The maximum absolute atomic E-state index is 12.6. The Balaban J connectivity index is 1.39. The van der Waals surface area contributed by atoms with E-state index in [4.69, 9.17) is 4.74 Å². The molecule has 6 nitrogen and oxygen atoms in total. The van der Waals surface area contributed by atoms with Gasteiger partial charge in [-0.1, -0.05) is 23.9 Å². The van der Waals surface area contributed by atoms with Crippen molar-refractivity contribution in [3.63, 3.8) is 0 Å². The molecule has 30 heavy (non-hydrogen) atoms. The first-order valence-electron chi connectivity index (χ1n) is 10.1. The van der Waals surface area contributed by atoms with E-state index in [1.54, 1.807) is 11.3 Å². The van der Waals surface area contributed by atoms with Crippen LogP contribution in [-0.2, 0) is 16.1 Å². The Morgan fingerprint density at radius 3 is 2.93 bits per heavy atom.